The molecule has 1 aliphatic heterocycles. The van der Waals surface area contributed by atoms with E-state index in [0.717, 1.165) is 23.2 Å². The van der Waals surface area contributed by atoms with Crippen molar-refractivity contribution in [1.29, 1.82) is 0 Å². The summed E-state index contributed by atoms with van der Waals surface area (Å²) in [5.41, 5.74) is 3.06. The van der Waals surface area contributed by atoms with Crippen LogP contribution >= 0.6 is 12.4 Å². The summed E-state index contributed by atoms with van der Waals surface area (Å²) >= 11 is 0. The van der Waals surface area contributed by atoms with Gasteiger partial charge in [0, 0.05) is 54.9 Å². The van der Waals surface area contributed by atoms with Gasteiger partial charge < -0.3 is 28.4 Å². The maximum Gasteiger partial charge on any atom is 0.336 e. The summed E-state index contributed by atoms with van der Waals surface area (Å²) in [6, 6.07) is 6.85. The number of ether oxygens (including phenoxy) is 3. The lowest BCUT2D eigenvalue weighted by molar-refractivity contribution is 0.174. The number of benzene rings is 1. The molecule has 5 rings (SSSR count). The summed E-state index contributed by atoms with van der Waals surface area (Å²) in [5.74, 6) is 1.72. The van der Waals surface area contributed by atoms with Gasteiger partial charge in [-0.05, 0) is 24.6 Å². The maximum absolute atomic E-state index is 12.2. The minimum atomic E-state index is -0.465. The van der Waals surface area contributed by atoms with Gasteiger partial charge in [0.05, 0.1) is 12.3 Å². The lowest BCUT2D eigenvalue weighted by atomic mass is 10.1. The highest BCUT2D eigenvalue weighted by atomic mass is 35.5. The highest BCUT2D eigenvalue weighted by Crippen LogP contribution is 2.40. The van der Waals surface area contributed by atoms with Crippen LogP contribution in [0.1, 0.15) is 11.3 Å². The van der Waals surface area contributed by atoms with E-state index in [-0.39, 0.29) is 19.2 Å². The predicted molar refractivity (Wildman–Crippen MR) is 117 cm³/mol. The van der Waals surface area contributed by atoms with Gasteiger partial charge in [0.1, 0.15) is 11.3 Å². The van der Waals surface area contributed by atoms with E-state index in [9.17, 15) is 4.79 Å². The second-order valence-electron chi connectivity index (χ2n) is 7.07. The molecular formula is C22H21ClN2O6. The molecular weight excluding hydrogens is 424 g/mol. The molecule has 0 unspecified atom stereocenters. The van der Waals surface area contributed by atoms with Crippen LogP contribution in [0.4, 0.5) is 0 Å². The van der Waals surface area contributed by atoms with Crippen molar-refractivity contribution < 1.29 is 23.0 Å². The Hall–Kier alpha value is -3.07. The van der Waals surface area contributed by atoms with Crippen LogP contribution in [-0.2, 0) is 11.3 Å². The van der Waals surface area contributed by atoms with Gasteiger partial charge in [-0.25, -0.2) is 4.79 Å². The summed E-state index contributed by atoms with van der Waals surface area (Å²) in [6.45, 7) is 4.02. The Kier molecular flexibility index (Phi) is 5.86. The van der Waals surface area contributed by atoms with Gasteiger partial charge in [0.25, 0.3) is 0 Å². The van der Waals surface area contributed by atoms with Gasteiger partial charge in [-0.15, -0.1) is 12.4 Å². The summed E-state index contributed by atoms with van der Waals surface area (Å²) in [7, 11) is 1.67. The summed E-state index contributed by atoms with van der Waals surface area (Å²) < 4.78 is 27.5. The number of pyridine rings is 1. The van der Waals surface area contributed by atoms with Crippen molar-refractivity contribution in [2.75, 3.05) is 27.1 Å². The average Bonchev–Trinajstić information content (AvgIpc) is 3.38. The van der Waals surface area contributed by atoms with Crippen LogP contribution in [0.2, 0.25) is 0 Å². The van der Waals surface area contributed by atoms with E-state index < -0.39 is 5.63 Å². The van der Waals surface area contributed by atoms with Crippen LogP contribution in [0.5, 0.6) is 11.5 Å². The third kappa shape index (κ3) is 3.85. The average molecular weight is 445 g/mol. The third-order valence-corrected chi connectivity index (χ3v) is 5.12. The fourth-order valence-electron chi connectivity index (χ4n) is 3.63. The van der Waals surface area contributed by atoms with Gasteiger partial charge in [-0.2, -0.15) is 0 Å². The molecule has 0 spiro atoms. The fourth-order valence-corrected chi connectivity index (χ4v) is 3.63. The van der Waals surface area contributed by atoms with E-state index in [2.05, 4.69) is 10.3 Å². The Morgan fingerprint density at radius 3 is 2.71 bits per heavy atom. The molecule has 8 nitrogen and oxygen atoms in total. The summed E-state index contributed by atoms with van der Waals surface area (Å²) in [4.78, 5) is 16.7. The molecule has 162 valence electrons. The molecule has 3 aromatic heterocycles. The lowest BCUT2D eigenvalue weighted by Gasteiger charge is -2.05. The molecule has 9 heteroatoms. The zero-order valence-electron chi connectivity index (χ0n) is 17.0. The quantitative estimate of drug-likeness (QED) is 0.354. The predicted octanol–water partition coefficient (Wildman–Crippen LogP) is 3.80. The van der Waals surface area contributed by atoms with E-state index in [1.807, 2.05) is 19.2 Å². The van der Waals surface area contributed by atoms with Crippen LogP contribution in [0.3, 0.4) is 0 Å². The monoisotopic (exact) mass is 444 g/mol. The number of nitrogens with zero attached hydrogens (tertiary/aromatic N) is 1. The summed E-state index contributed by atoms with van der Waals surface area (Å²) in [6.07, 6.45) is 1.84. The van der Waals surface area contributed by atoms with E-state index in [0.29, 0.717) is 52.5 Å². The molecule has 0 saturated heterocycles. The second kappa shape index (κ2) is 8.58. The molecule has 0 bridgehead atoms. The first kappa shape index (κ1) is 21.2. The maximum atomic E-state index is 12.2. The number of halogens is 1. The largest absolute Gasteiger partial charge is 0.454 e. The number of rotatable bonds is 6. The van der Waals surface area contributed by atoms with Gasteiger partial charge in [0.2, 0.25) is 6.79 Å². The molecule has 31 heavy (non-hydrogen) atoms. The first-order valence-corrected chi connectivity index (χ1v) is 9.59. The molecule has 0 amide bonds. The lowest BCUT2D eigenvalue weighted by Crippen LogP contribution is -2.18. The molecule has 4 aromatic rings. The topological polar surface area (TPSA) is 96.0 Å². The van der Waals surface area contributed by atoms with Crippen LogP contribution in [0.15, 0.2) is 44.1 Å². The van der Waals surface area contributed by atoms with Gasteiger partial charge in [-0.1, -0.05) is 0 Å². The summed E-state index contributed by atoms with van der Waals surface area (Å²) in [5, 5.41) is 4.99. The molecule has 1 aromatic carbocycles. The van der Waals surface area contributed by atoms with Gasteiger partial charge in [-0.3, -0.25) is 4.98 Å². The van der Waals surface area contributed by atoms with Crippen molar-refractivity contribution in [1.82, 2.24) is 10.3 Å². The molecule has 1 aliphatic rings. The van der Waals surface area contributed by atoms with Crippen LogP contribution in [0, 0.1) is 6.92 Å². The smallest absolute Gasteiger partial charge is 0.336 e. The van der Waals surface area contributed by atoms with Gasteiger partial charge in [0.15, 0.2) is 17.1 Å². The van der Waals surface area contributed by atoms with Crippen molar-refractivity contribution in [3.05, 3.63) is 52.1 Å². The van der Waals surface area contributed by atoms with Gasteiger partial charge >= 0.3 is 5.63 Å². The van der Waals surface area contributed by atoms with Crippen molar-refractivity contribution in [2.45, 2.75) is 13.5 Å². The van der Waals surface area contributed by atoms with E-state index in [4.69, 9.17) is 23.0 Å². The molecule has 0 fully saturated rings. The van der Waals surface area contributed by atoms with Crippen LogP contribution < -0.4 is 20.4 Å². The first-order chi connectivity index (χ1) is 14.6. The number of aromatic nitrogens is 1. The highest BCUT2D eigenvalue weighted by Gasteiger charge is 2.20. The van der Waals surface area contributed by atoms with E-state index >= 15 is 0 Å². The third-order valence-electron chi connectivity index (χ3n) is 5.12. The number of furan rings is 1. The van der Waals surface area contributed by atoms with E-state index in [1.165, 1.54) is 6.07 Å². The molecule has 0 aliphatic carbocycles. The van der Waals surface area contributed by atoms with E-state index in [1.54, 1.807) is 19.2 Å². The van der Waals surface area contributed by atoms with Crippen molar-refractivity contribution >= 4 is 34.3 Å². The SMILES string of the molecule is COCCNCc1cnc(C)c2oc(-c3cc(=O)oc4cc5c(cc34)OCO5)cc12.Cl. The Morgan fingerprint density at radius 1 is 1.10 bits per heavy atom. The first-order valence-electron chi connectivity index (χ1n) is 9.59. The molecule has 0 radical (unpaired) electrons. The standard InChI is InChI=1S/C22H20N2O6.ClH/c1-12-22-14(13(10-24-12)9-23-3-4-26-2)5-17(30-22)16-7-21(25)29-18-8-20-19(6-15(16)18)27-11-28-20;/h5-8,10,23H,3-4,9,11H2,1-2H3;1H. The minimum Gasteiger partial charge on any atom is -0.454 e. The normalized spacial score (nSPS) is 12.5. The number of fused-ring (bicyclic) bond motifs is 3. The van der Waals surface area contributed by atoms with Crippen LogP contribution in [0.25, 0.3) is 33.3 Å². The Balaban J connectivity index is 0.00000231. The van der Waals surface area contributed by atoms with Crippen molar-refractivity contribution in [3.63, 3.8) is 0 Å². The zero-order valence-corrected chi connectivity index (χ0v) is 17.8. The molecule has 0 saturated carbocycles. The second-order valence-corrected chi connectivity index (χ2v) is 7.07. The van der Waals surface area contributed by atoms with Crippen LogP contribution in [-0.4, -0.2) is 32.0 Å². The molecule has 1 N–H and O–H groups in total. The number of methoxy groups -OCH3 is 1. The Labute approximate surface area is 183 Å². The Bertz CT molecular complexity index is 1310. The number of hydrogen-bond acceptors (Lipinski definition) is 8. The number of aryl methyl sites for hydroxylation is 1. The molecule has 0 atom stereocenters. The number of hydrogen-bond donors (Lipinski definition) is 1. The number of nitrogens with one attached hydrogen (secondary N) is 1. The fraction of sp³-hybridized carbons (Fsp3) is 0.273. The zero-order chi connectivity index (χ0) is 20.7. The van der Waals surface area contributed by atoms with Crippen molar-refractivity contribution in [3.8, 4) is 22.8 Å². The molecule has 4 heterocycles. The Morgan fingerprint density at radius 2 is 1.90 bits per heavy atom. The highest BCUT2D eigenvalue weighted by molar-refractivity contribution is 5.97. The minimum absolute atomic E-state index is 0. The van der Waals surface area contributed by atoms with Crippen molar-refractivity contribution in [2.24, 2.45) is 0 Å².